The summed E-state index contributed by atoms with van der Waals surface area (Å²) in [6.45, 7) is 4.73. The van der Waals surface area contributed by atoms with Gasteiger partial charge in [-0.1, -0.05) is 26.2 Å². The molecule has 2 rings (SSSR count). The zero-order valence-electron chi connectivity index (χ0n) is 11.4. The van der Waals surface area contributed by atoms with E-state index in [1.807, 2.05) is 31.2 Å². The van der Waals surface area contributed by atoms with E-state index in [2.05, 4.69) is 6.92 Å². The highest BCUT2D eigenvalue weighted by Crippen LogP contribution is 2.38. The fourth-order valence-electron chi connectivity index (χ4n) is 2.78. The third kappa shape index (κ3) is 2.74. The third-order valence-corrected chi connectivity index (χ3v) is 3.93. The molecule has 0 unspecified atom stereocenters. The maximum Gasteiger partial charge on any atom is 0.168 e. The Kier molecular flexibility index (Phi) is 4.05. The highest BCUT2D eigenvalue weighted by atomic mass is 16.5. The lowest BCUT2D eigenvalue weighted by Crippen LogP contribution is -2.30. The largest absolute Gasteiger partial charge is 0.494 e. The fourth-order valence-corrected chi connectivity index (χ4v) is 2.78. The van der Waals surface area contributed by atoms with E-state index >= 15 is 0 Å². The Labute approximate surface area is 109 Å². The van der Waals surface area contributed by atoms with Gasteiger partial charge in [-0.05, 0) is 44.0 Å². The predicted molar refractivity (Wildman–Crippen MR) is 73.1 cm³/mol. The lowest BCUT2D eigenvalue weighted by atomic mass is 9.71. The summed E-state index contributed by atoms with van der Waals surface area (Å²) in [5, 5.41) is 0. The lowest BCUT2D eigenvalue weighted by molar-refractivity contribution is 0.0749. The quantitative estimate of drug-likeness (QED) is 0.743. The van der Waals surface area contributed by atoms with E-state index < -0.39 is 0 Å². The molecule has 0 radical (unpaired) electrons. The number of ketones is 1. The maximum atomic E-state index is 12.5. The highest BCUT2D eigenvalue weighted by Gasteiger charge is 2.34. The summed E-state index contributed by atoms with van der Waals surface area (Å²) in [5.74, 6) is 1.13. The first-order valence-electron chi connectivity index (χ1n) is 6.93. The molecular formula is C16H22O2. The van der Waals surface area contributed by atoms with E-state index in [0.29, 0.717) is 12.4 Å². The third-order valence-electron chi connectivity index (χ3n) is 3.93. The van der Waals surface area contributed by atoms with Gasteiger partial charge in [-0.2, -0.15) is 0 Å². The number of ether oxygens (including phenoxy) is 1. The predicted octanol–water partition coefficient (Wildman–Crippen LogP) is 4.24. The molecule has 0 aromatic heterocycles. The minimum absolute atomic E-state index is 0.147. The van der Waals surface area contributed by atoms with Crippen LogP contribution in [0.4, 0.5) is 0 Å². The summed E-state index contributed by atoms with van der Waals surface area (Å²) in [6, 6.07) is 7.58. The molecule has 1 saturated carbocycles. The number of benzene rings is 1. The normalized spacial score (nSPS) is 18.3. The zero-order chi connectivity index (χ0) is 13.0. The Morgan fingerprint density at radius 2 is 1.78 bits per heavy atom. The number of hydrogen-bond donors (Lipinski definition) is 0. The molecule has 18 heavy (non-hydrogen) atoms. The minimum atomic E-state index is -0.147. The number of hydrogen-bond acceptors (Lipinski definition) is 2. The van der Waals surface area contributed by atoms with Crippen molar-refractivity contribution in [2.75, 3.05) is 6.61 Å². The van der Waals surface area contributed by atoms with Gasteiger partial charge >= 0.3 is 0 Å². The van der Waals surface area contributed by atoms with Crippen molar-refractivity contribution < 1.29 is 9.53 Å². The molecule has 1 aliphatic rings. The van der Waals surface area contributed by atoms with Gasteiger partial charge in [-0.15, -0.1) is 0 Å². The average molecular weight is 246 g/mol. The van der Waals surface area contributed by atoms with Crippen LogP contribution in [0.15, 0.2) is 24.3 Å². The molecule has 2 heteroatoms. The van der Waals surface area contributed by atoms with Crippen molar-refractivity contribution >= 4 is 5.78 Å². The summed E-state index contributed by atoms with van der Waals surface area (Å²) < 4.78 is 5.40. The van der Waals surface area contributed by atoms with Gasteiger partial charge in [-0.3, -0.25) is 4.79 Å². The highest BCUT2D eigenvalue weighted by molar-refractivity contribution is 6.00. The fraction of sp³-hybridized carbons (Fsp3) is 0.562. The van der Waals surface area contributed by atoms with Crippen LogP contribution in [0.25, 0.3) is 0 Å². The Balaban J connectivity index is 2.12. The van der Waals surface area contributed by atoms with Crippen LogP contribution in [0, 0.1) is 5.41 Å². The Morgan fingerprint density at radius 1 is 1.17 bits per heavy atom. The summed E-state index contributed by atoms with van der Waals surface area (Å²) in [4.78, 5) is 12.5. The second-order valence-corrected chi connectivity index (χ2v) is 5.41. The minimum Gasteiger partial charge on any atom is -0.494 e. The monoisotopic (exact) mass is 246 g/mol. The van der Waals surface area contributed by atoms with Gasteiger partial charge < -0.3 is 4.74 Å². The Morgan fingerprint density at radius 3 is 2.33 bits per heavy atom. The van der Waals surface area contributed by atoms with Gasteiger partial charge in [0, 0.05) is 11.0 Å². The van der Waals surface area contributed by atoms with Crippen molar-refractivity contribution in [1.82, 2.24) is 0 Å². The Bertz CT molecular complexity index is 400. The first kappa shape index (κ1) is 13.1. The topological polar surface area (TPSA) is 26.3 Å². The molecule has 0 aliphatic heterocycles. The molecule has 1 aromatic rings. The van der Waals surface area contributed by atoms with E-state index in [1.54, 1.807) is 0 Å². The molecule has 1 aromatic carbocycles. The molecule has 0 atom stereocenters. The second kappa shape index (κ2) is 5.55. The van der Waals surface area contributed by atoms with Crippen LogP contribution in [0.2, 0.25) is 0 Å². The summed E-state index contributed by atoms with van der Waals surface area (Å²) >= 11 is 0. The molecule has 0 heterocycles. The molecule has 1 aliphatic carbocycles. The van der Waals surface area contributed by atoms with Crippen LogP contribution >= 0.6 is 0 Å². The van der Waals surface area contributed by atoms with Gasteiger partial charge in [-0.25, -0.2) is 0 Å². The van der Waals surface area contributed by atoms with Gasteiger partial charge in [0.1, 0.15) is 5.75 Å². The van der Waals surface area contributed by atoms with E-state index in [1.165, 1.54) is 19.3 Å². The number of rotatable bonds is 4. The van der Waals surface area contributed by atoms with E-state index in [0.717, 1.165) is 24.2 Å². The molecule has 1 fully saturated rings. The van der Waals surface area contributed by atoms with Gasteiger partial charge in [0.25, 0.3) is 0 Å². The average Bonchev–Trinajstić information content (AvgIpc) is 2.40. The van der Waals surface area contributed by atoms with Crippen molar-refractivity contribution in [2.24, 2.45) is 5.41 Å². The molecule has 0 saturated heterocycles. The Hall–Kier alpha value is -1.31. The van der Waals surface area contributed by atoms with Crippen molar-refractivity contribution in [3.05, 3.63) is 29.8 Å². The summed E-state index contributed by atoms with van der Waals surface area (Å²) in [6.07, 6.45) is 5.68. The van der Waals surface area contributed by atoms with Crippen molar-refractivity contribution in [3.63, 3.8) is 0 Å². The molecule has 0 N–H and O–H groups in total. The maximum absolute atomic E-state index is 12.5. The summed E-state index contributed by atoms with van der Waals surface area (Å²) in [7, 11) is 0. The zero-order valence-corrected chi connectivity index (χ0v) is 11.4. The van der Waals surface area contributed by atoms with Crippen LogP contribution in [0.5, 0.6) is 5.75 Å². The standard InChI is InChI=1S/C16H22O2/c1-3-18-14-9-7-13(8-10-14)15(17)16(2)11-5-4-6-12-16/h7-10H,3-6,11-12H2,1-2H3. The first-order chi connectivity index (χ1) is 8.65. The van der Waals surface area contributed by atoms with Crippen LogP contribution < -0.4 is 4.74 Å². The van der Waals surface area contributed by atoms with Gasteiger partial charge in [0.15, 0.2) is 5.78 Å². The number of carbonyl (C=O) groups is 1. The van der Waals surface area contributed by atoms with Crippen LogP contribution in [-0.2, 0) is 0 Å². The van der Waals surface area contributed by atoms with Crippen LogP contribution in [-0.4, -0.2) is 12.4 Å². The molecule has 0 amide bonds. The summed E-state index contributed by atoms with van der Waals surface area (Å²) in [5.41, 5.74) is 0.675. The van der Waals surface area contributed by atoms with E-state index in [-0.39, 0.29) is 5.41 Å². The smallest absolute Gasteiger partial charge is 0.168 e. The van der Waals surface area contributed by atoms with Crippen molar-refractivity contribution in [3.8, 4) is 5.75 Å². The molecule has 0 bridgehead atoms. The van der Waals surface area contributed by atoms with Crippen molar-refractivity contribution in [1.29, 1.82) is 0 Å². The SMILES string of the molecule is CCOc1ccc(C(=O)C2(C)CCCCC2)cc1. The van der Waals surface area contributed by atoms with Crippen molar-refractivity contribution in [2.45, 2.75) is 46.0 Å². The number of Topliss-reactive ketones (excluding diaryl/α,β-unsaturated/α-hetero) is 1. The molecule has 0 spiro atoms. The first-order valence-corrected chi connectivity index (χ1v) is 6.93. The lowest BCUT2D eigenvalue weighted by Gasteiger charge is -2.32. The van der Waals surface area contributed by atoms with Crippen LogP contribution in [0.3, 0.4) is 0 Å². The second-order valence-electron chi connectivity index (χ2n) is 5.41. The molecular weight excluding hydrogens is 224 g/mol. The van der Waals surface area contributed by atoms with Gasteiger partial charge in [0.05, 0.1) is 6.61 Å². The molecule has 98 valence electrons. The van der Waals surface area contributed by atoms with Crippen LogP contribution in [0.1, 0.15) is 56.3 Å². The molecule has 2 nitrogen and oxygen atoms in total. The number of carbonyl (C=O) groups excluding carboxylic acids is 1. The van der Waals surface area contributed by atoms with Gasteiger partial charge in [0.2, 0.25) is 0 Å². The van der Waals surface area contributed by atoms with E-state index in [9.17, 15) is 4.79 Å². The van der Waals surface area contributed by atoms with E-state index in [4.69, 9.17) is 4.74 Å².